The van der Waals surface area contributed by atoms with Crippen molar-refractivity contribution in [3.63, 3.8) is 0 Å². The molecule has 3 aromatic heterocycles. The normalized spacial score (nSPS) is 12.3. The molecule has 0 aliphatic heterocycles. The topological polar surface area (TPSA) is 100 Å². The molecule has 0 saturated heterocycles. The lowest BCUT2D eigenvalue weighted by atomic mass is 10.1. The molecule has 0 saturated carbocycles. The number of thiophene rings is 1. The van der Waals surface area contributed by atoms with Crippen molar-refractivity contribution >= 4 is 33.5 Å². The van der Waals surface area contributed by atoms with E-state index in [0.29, 0.717) is 18.8 Å². The van der Waals surface area contributed by atoms with Gasteiger partial charge in [-0.2, -0.15) is 0 Å². The van der Waals surface area contributed by atoms with Crippen LogP contribution in [0.2, 0.25) is 0 Å². The Hall–Kier alpha value is -2.61. The maximum absolute atomic E-state index is 10.8. The average molecular weight is 360 g/mol. The molecule has 3 N–H and O–H groups in total. The van der Waals surface area contributed by atoms with E-state index in [1.165, 1.54) is 0 Å². The number of fused-ring (bicyclic) bond motifs is 1. The minimum Gasteiger partial charge on any atom is -0.467 e. The van der Waals surface area contributed by atoms with Crippen LogP contribution in [-0.2, 0) is 13.0 Å². The van der Waals surface area contributed by atoms with Crippen LogP contribution in [0.25, 0.3) is 10.2 Å². The number of hydrogen-bond acceptors (Lipinski definition) is 6. The Balaban J connectivity index is 1.90. The predicted octanol–water partition coefficient (Wildman–Crippen LogP) is 3.71. The van der Waals surface area contributed by atoms with E-state index >= 15 is 0 Å². The van der Waals surface area contributed by atoms with Crippen molar-refractivity contribution in [2.24, 2.45) is 0 Å². The SMILES string of the molecule is Cc1nc(NCc2ccco2)c2sc(C[C@H](C)NC(=O)O)c(C)c2n1. The third kappa shape index (κ3) is 3.90. The fraction of sp³-hybridized carbons (Fsp3) is 0.353. The molecular weight excluding hydrogens is 340 g/mol. The molecule has 0 fully saturated rings. The monoisotopic (exact) mass is 360 g/mol. The molecule has 0 aliphatic carbocycles. The number of carbonyl (C=O) groups is 1. The highest BCUT2D eigenvalue weighted by molar-refractivity contribution is 7.19. The molecule has 3 heterocycles. The van der Waals surface area contributed by atoms with Gasteiger partial charge in [-0.1, -0.05) is 0 Å². The minimum absolute atomic E-state index is 0.169. The fourth-order valence-electron chi connectivity index (χ4n) is 2.68. The average Bonchev–Trinajstić information content (AvgIpc) is 3.14. The highest BCUT2D eigenvalue weighted by Gasteiger charge is 2.17. The largest absolute Gasteiger partial charge is 0.467 e. The van der Waals surface area contributed by atoms with Gasteiger partial charge in [-0.05, 0) is 38.5 Å². The van der Waals surface area contributed by atoms with Gasteiger partial charge < -0.3 is 20.2 Å². The van der Waals surface area contributed by atoms with Crippen LogP contribution in [0, 0.1) is 13.8 Å². The van der Waals surface area contributed by atoms with E-state index < -0.39 is 6.09 Å². The summed E-state index contributed by atoms with van der Waals surface area (Å²) in [7, 11) is 0. The molecule has 3 rings (SSSR count). The van der Waals surface area contributed by atoms with E-state index in [4.69, 9.17) is 9.52 Å². The van der Waals surface area contributed by atoms with Gasteiger partial charge >= 0.3 is 6.09 Å². The van der Waals surface area contributed by atoms with Crippen molar-refractivity contribution < 1.29 is 14.3 Å². The Bertz CT molecular complexity index is 889. The summed E-state index contributed by atoms with van der Waals surface area (Å²) in [6, 6.07) is 3.59. The summed E-state index contributed by atoms with van der Waals surface area (Å²) in [6.45, 7) is 6.28. The summed E-state index contributed by atoms with van der Waals surface area (Å²) in [5.41, 5.74) is 1.99. The number of nitrogens with one attached hydrogen (secondary N) is 2. The first-order valence-electron chi connectivity index (χ1n) is 7.96. The van der Waals surface area contributed by atoms with E-state index in [2.05, 4.69) is 20.6 Å². The Kier molecular flexibility index (Phi) is 4.89. The molecule has 7 nitrogen and oxygen atoms in total. The molecule has 8 heteroatoms. The van der Waals surface area contributed by atoms with Crippen LogP contribution < -0.4 is 10.6 Å². The lowest BCUT2D eigenvalue weighted by molar-refractivity contribution is 0.191. The second-order valence-corrected chi connectivity index (χ2v) is 7.04. The zero-order valence-electron chi connectivity index (χ0n) is 14.3. The van der Waals surface area contributed by atoms with E-state index in [-0.39, 0.29) is 6.04 Å². The molecule has 132 valence electrons. The Morgan fingerprint density at radius 2 is 2.20 bits per heavy atom. The van der Waals surface area contributed by atoms with E-state index in [0.717, 1.165) is 32.2 Å². The minimum atomic E-state index is -1.01. The number of aromatic nitrogens is 2. The van der Waals surface area contributed by atoms with E-state index in [1.54, 1.807) is 17.6 Å². The summed E-state index contributed by atoms with van der Waals surface area (Å²) in [5.74, 6) is 2.30. The molecule has 0 unspecified atom stereocenters. The van der Waals surface area contributed by atoms with Crippen molar-refractivity contribution in [2.75, 3.05) is 5.32 Å². The van der Waals surface area contributed by atoms with Crippen LogP contribution >= 0.6 is 11.3 Å². The third-order valence-electron chi connectivity index (χ3n) is 3.85. The van der Waals surface area contributed by atoms with Crippen LogP contribution in [0.4, 0.5) is 10.6 Å². The zero-order chi connectivity index (χ0) is 18.0. The number of nitrogens with zero attached hydrogens (tertiary/aromatic N) is 2. The molecule has 1 atom stereocenters. The number of carboxylic acid groups (broad SMARTS) is 1. The second-order valence-electron chi connectivity index (χ2n) is 5.93. The molecule has 0 aliphatic rings. The summed E-state index contributed by atoms with van der Waals surface area (Å²) >= 11 is 1.60. The summed E-state index contributed by atoms with van der Waals surface area (Å²) < 4.78 is 6.33. The highest BCUT2D eigenvalue weighted by Crippen LogP contribution is 2.34. The highest BCUT2D eigenvalue weighted by atomic mass is 32.1. The van der Waals surface area contributed by atoms with Crippen molar-refractivity contribution in [1.29, 1.82) is 0 Å². The van der Waals surface area contributed by atoms with Crippen LogP contribution in [0.15, 0.2) is 22.8 Å². The van der Waals surface area contributed by atoms with E-state index in [1.807, 2.05) is 32.9 Å². The van der Waals surface area contributed by atoms with Gasteiger partial charge in [-0.3, -0.25) is 0 Å². The maximum atomic E-state index is 10.8. The molecule has 3 aromatic rings. The zero-order valence-corrected chi connectivity index (χ0v) is 15.1. The number of furan rings is 1. The van der Waals surface area contributed by atoms with Crippen LogP contribution in [0.5, 0.6) is 0 Å². The molecule has 0 aromatic carbocycles. The van der Waals surface area contributed by atoms with Gasteiger partial charge in [0, 0.05) is 17.3 Å². The van der Waals surface area contributed by atoms with Crippen molar-refractivity contribution in [3.05, 3.63) is 40.4 Å². The molecule has 0 bridgehead atoms. The van der Waals surface area contributed by atoms with Gasteiger partial charge in [0.1, 0.15) is 17.4 Å². The van der Waals surface area contributed by atoms with Crippen LogP contribution in [0.1, 0.15) is 28.9 Å². The van der Waals surface area contributed by atoms with Crippen molar-refractivity contribution in [2.45, 2.75) is 39.8 Å². The number of aryl methyl sites for hydroxylation is 2. The molecule has 1 amide bonds. The summed E-state index contributed by atoms with van der Waals surface area (Å²) in [5, 5.41) is 14.7. The second kappa shape index (κ2) is 7.10. The smallest absolute Gasteiger partial charge is 0.404 e. The quantitative estimate of drug-likeness (QED) is 0.619. The Labute approximate surface area is 149 Å². The molecule has 0 radical (unpaired) electrons. The fourth-order valence-corrected chi connectivity index (χ4v) is 4.02. The Morgan fingerprint density at radius 1 is 1.40 bits per heavy atom. The van der Waals surface area contributed by atoms with Gasteiger partial charge in [-0.25, -0.2) is 14.8 Å². The lowest BCUT2D eigenvalue weighted by Gasteiger charge is -2.10. The Morgan fingerprint density at radius 3 is 2.88 bits per heavy atom. The van der Waals surface area contributed by atoms with Gasteiger partial charge in [0.05, 0.1) is 23.0 Å². The van der Waals surface area contributed by atoms with Crippen molar-refractivity contribution in [1.82, 2.24) is 15.3 Å². The van der Waals surface area contributed by atoms with Crippen LogP contribution in [-0.4, -0.2) is 27.2 Å². The summed E-state index contributed by atoms with van der Waals surface area (Å²) in [4.78, 5) is 21.0. The first-order valence-corrected chi connectivity index (χ1v) is 8.78. The molecule has 0 spiro atoms. The maximum Gasteiger partial charge on any atom is 0.404 e. The van der Waals surface area contributed by atoms with Gasteiger partial charge in [0.15, 0.2) is 0 Å². The van der Waals surface area contributed by atoms with Gasteiger partial charge in [0.2, 0.25) is 0 Å². The number of hydrogen-bond donors (Lipinski definition) is 3. The standard InChI is InChI=1S/C17H20N4O3S/c1-9(19-17(22)23)7-13-10(2)14-15(25-13)16(21-11(3)20-14)18-8-12-5-4-6-24-12/h4-6,9,19H,7-8H2,1-3H3,(H,22,23)(H,18,20,21)/t9-/m0/s1. The predicted molar refractivity (Wildman–Crippen MR) is 97.3 cm³/mol. The lowest BCUT2D eigenvalue weighted by Crippen LogP contribution is -2.32. The third-order valence-corrected chi connectivity index (χ3v) is 5.16. The van der Waals surface area contributed by atoms with Crippen LogP contribution in [0.3, 0.4) is 0 Å². The first kappa shape index (κ1) is 17.2. The van der Waals surface area contributed by atoms with Gasteiger partial charge in [0.25, 0.3) is 0 Å². The number of anilines is 1. The number of rotatable bonds is 6. The molecule has 25 heavy (non-hydrogen) atoms. The van der Waals surface area contributed by atoms with Gasteiger partial charge in [-0.15, -0.1) is 11.3 Å². The number of amides is 1. The molecular formula is C17H20N4O3S. The first-order chi connectivity index (χ1) is 11.9. The summed E-state index contributed by atoms with van der Waals surface area (Å²) in [6.07, 6.45) is 1.25. The van der Waals surface area contributed by atoms with Crippen molar-refractivity contribution in [3.8, 4) is 0 Å². The van der Waals surface area contributed by atoms with E-state index in [9.17, 15) is 4.79 Å².